The predicted octanol–water partition coefficient (Wildman–Crippen LogP) is 1.28. The van der Waals surface area contributed by atoms with Gasteiger partial charge in [-0.3, -0.25) is 24.6 Å². The molecule has 0 unspecified atom stereocenters. The molecule has 0 saturated carbocycles. The highest BCUT2D eigenvalue weighted by atomic mass is 16.4. The normalized spacial score (nSPS) is 22.9. The summed E-state index contributed by atoms with van der Waals surface area (Å²) in [7, 11) is 0. The lowest BCUT2D eigenvalue weighted by Gasteiger charge is -2.35. The van der Waals surface area contributed by atoms with Gasteiger partial charge in [-0.15, -0.1) is 0 Å². The number of carboxylic acids is 1. The summed E-state index contributed by atoms with van der Waals surface area (Å²) in [5.74, 6) is -1.48. The summed E-state index contributed by atoms with van der Waals surface area (Å²) in [5, 5.41) is 11.5. The molecule has 4 rings (SSSR count). The van der Waals surface area contributed by atoms with Crippen LogP contribution in [0.5, 0.6) is 0 Å². The fourth-order valence-electron chi connectivity index (χ4n) is 4.46. The zero-order valence-electron chi connectivity index (χ0n) is 16.7. The molecule has 1 aromatic carbocycles. The van der Waals surface area contributed by atoms with Gasteiger partial charge in [-0.05, 0) is 43.5 Å². The highest BCUT2D eigenvalue weighted by Gasteiger charge is 2.35. The monoisotopic (exact) mass is 414 g/mol. The molecule has 3 heterocycles. The van der Waals surface area contributed by atoms with E-state index in [0.717, 1.165) is 37.3 Å². The molecule has 3 fully saturated rings. The molecule has 2 N–H and O–H groups in total. The highest BCUT2D eigenvalue weighted by Crippen LogP contribution is 2.28. The third kappa shape index (κ3) is 4.10. The molecule has 0 aromatic heterocycles. The summed E-state index contributed by atoms with van der Waals surface area (Å²) in [6.45, 7) is 2.74. The third-order valence-corrected chi connectivity index (χ3v) is 6.27. The molecule has 0 spiro atoms. The van der Waals surface area contributed by atoms with E-state index in [2.05, 4.69) is 10.2 Å². The molecular weight excluding hydrogens is 388 g/mol. The molecule has 3 aliphatic heterocycles. The van der Waals surface area contributed by atoms with Crippen LogP contribution in [-0.4, -0.2) is 66.5 Å². The number of nitrogens with zero attached hydrogens (tertiary/aromatic N) is 3. The van der Waals surface area contributed by atoms with Crippen LogP contribution < -0.4 is 15.1 Å². The van der Waals surface area contributed by atoms with Gasteiger partial charge in [0.15, 0.2) is 0 Å². The quantitative estimate of drug-likeness (QED) is 0.768. The number of aliphatic carboxylic acids is 1. The zero-order valence-corrected chi connectivity index (χ0v) is 16.7. The van der Waals surface area contributed by atoms with Gasteiger partial charge < -0.3 is 14.9 Å². The van der Waals surface area contributed by atoms with E-state index in [-0.39, 0.29) is 17.7 Å². The van der Waals surface area contributed by atoms with Crippen molar-refractivity contribution in [2.24, 2.45) is 11.8 Å². The summed E-state index contributed by atoms with van der Waals surface area (Å²) in [6, 6.07) is 7.26. The number of carboxylic acid groups (broad SMARTS) is 1. The van der Waals surface area contributed by atoms with Crippen LogP contribution in [0.15, 0.2) is 24.3 Å². The maximum atomic E-state index is 12.7. The number of piperidine rings is 1. The third-order valence-electron chi connectivity index (χ3n) is 6.27. The number of imide groups is 1. The van der Waals surface area contributed by atoms with Crippen molar-refractivity contribution in [1.29, 1.82) is 0 Å². The molecule has 3 aliphatic rings. The number of likely N-dealkylation sites (tertiary alicyclic amines) is 1. The molecule has 0 radical (unpaired) electrons. The van der Waals surface area contributed by atoms with Gasteiger partial charge in [0.25, 0.3) is 0 Å². The summed E-state index contributed by atoms with van der Waals surface area (Å²) >= 11 is 0. The molecule has 30 heavy (non-hydrogen) atoms. The zero-order chi connectivity index (χ0) is 21.3. The number of nitrogens with one attached hydrogen (secondary N) is 1. The first-order valence-corrected chi connectivity index (χ1v) is 10.4. The van der Waals surface area contributed by atoms with Gasteiger partial charge in [0.05, 0.1) is 5.92 Å². The van der Waals surface area contributed by atoms with E-state index >= 15 is 0 Å². The summed E-state index contributed by atoms with van der Waals surface area (Å²) in [6.07, 6.45) is 2.31. The van der Waals surface area contributed by atoms with Gasteiger partial charge in [-0.2, -0.15) is 0 Å². The van der Waals surface area contributed by atoms with Gasteiger partial charge in [0, 0.05) is 56.4 Å². The van der Waals surface area contributed by atoms with Gasteiger partial charge in [-0.1, -0.05) is 0 Å². The Morgan fingerprint density at radius 3 is 2.13 bits per heavy atom. The Kier molecular flexibility index (Phi) is 5.61. The summed E-state index contributed by atoms with van der Waals surface area (Å²) in [5.41, 5.74) is 1.78. The standard InChI is InChI=1S/C21H26N4O5/c26-18-8-12-25(21(30)22-18)17-3-1-16(2-4-17)23-9-5-14(6-10-23)19(27)24-11-7-15(13-24)20(28)29/h1-4,14-15H,5-13H2,(H,28,29)(H,22,26,30)/t15-/m1/s1. The van der Waals surface area contributed by atoms with Crippen LogP contribution in [0.1, 0.15) is 25.7 Å². The fourth-order valence-corrected chi connectivity index (χ4v) is 4.46. The van der Waals surface area contributed by atoms with Crippen molar-refractivity contribution in [3.63, 3.8) is 0 Å². The van der Waals surface area contributed by atoms with Gasteiger partial charge in [0.2, 0.25) is 11.8 Å². The van der Waals surface area contributed by atoms with Crippen molar-refractivity contribution in [2.45, 2.75) is 25.7 Å². The number of amides is 4. The van der Waals surface area contributed by atoms with Crippen molar-refractivity contribution in [3.05, 3.63) is 24.3 Å². The Balaban J connectivity index is 1.31. The Morgan fingerprint density at radius 1 is 0.900 bits per heavy atom. The summed E-state index contributed by atoms with van der Waals surface area (Å²) in [4.78, 5) is 52.6. The van der Waals surface area contributed by atoms with Crippen molar-refractivity contribution >= 4 is 35.2 Å². The number of hydrogen-bond donors (Lipinski definition) is 2. The molecule has 9 heteroatoms. The topological polar surface area (TPSA) is 110 Å². The molecular formula is C21H26N4O5. The Morgan fingerprint density at radius 2 is 1.53 bits per heavy atom. The average molecular weight is 414 g/mol. The molecule has 9 nitrogen and oxygen atoms in total. The number of benzene rings is 1. The fraction of sp³-hybridized carbons (Fsp3) is 0.524. The molecule has 3 saturated heterocycles. The van der Waals surface area contributed by atoms with Crippen LogP contribution in [0, 0.1) is 11.8 Å². The largest absolute Gasteiger partial charge is 0.481 e. The molecule has 0 aliphatic carbocycles. The van der Waals surface area contributed by atoms with Crippen molar-refractivity contribution in [3.8, 4) is 0 Å². The van der Waals surface area contributed by atoms with E-state index in [0.29, 0.717) is 32.5 Å². The Hall–Kier alpha value is -3.10. The lowest BCUT2D eigenvalue weighted by atomic mass is 9.95. The molecule has 4 amide bonds. The predicted molar refractivity (Wildman–Crippen MR) is 109 cm³/mol. The van der Waals surface area contributed by atoms with E-state index < -0.39 is 17.9 Å². The maximum absolute atomic E-state index is 12.7. The van der Waals surface area contributed by atoms with Crippen LogP contribution >= 0.6 is 0 Å². The van der Waals surface area contributed by atoms with Gasteiger partial charge >= 0.3 is 12.0 Å². The minimum atomic E-state index is -0.822. The second-order valence-electron chi connectivity index (χ2n) is 8.14. The smallest absolute Gasteiger partial charge is 0.328 e. The number of anilines is 2. The van der Waals surface area contributed by atoms with Crippen molar-refractivity contribution in [1.82, 2.24) is 10.2 Å². The van der Waals surface area contributed by atoms with Crippen molar-refractivity contribution in [2.75, 3.05) is 42.5 Å². The number of carbonyl (C=O) groups excluding carboxylic acids is 3. The SMILES string of the molecule is O=C1CCN(c2ccc(N3CCC(C(=O)N4CC[C@@H](C(=O)O)C4)CC3)cc2)C(=O)N1. The second kappa shape index (κ2) is 8.33. The van der Waals surface area contributed by atoms with E-state index in [9.17, 15) is 19.2 Å². The number of rotatable bonds is 4. The molecule has 0 bridgehead atoms. The van der Waals surface area contributed by atoms with E-state index in [4.69, 9.17) is 5.11 Å². The number of carbonyl (C=O) groups is 4. The van der Waals surface area contributed by atoms with Crippen LogP contribution in [0.25, 0.3) is 0 Å². The molecule has 1 aromatic rings. The molecule has 160 valence electrons. The van der Waals surface area contributed by atoms with Crippen LogP contribution in [-0.2, 0) is 14.4 Å². The Labute approximate surface area is 174 Å². The first kappa shape index (κ1) is 20.2. The Bertz CT molecular complexity index is 847. The second-order valence-corrected chi connectivity index (χ2v) is 8.14. The molecule has 1 atom stereocenters. The highest BCUT2D eigenvalue weighted by molar-refractivity contribution is 6.05. The summed E-state index contributed by atoms with van der Waals surface area (Å²) < 4.78 is 0. The van der Waals surface area contributed by atoms with Crippen LogP contribution in [0.3, 0.4) is 0 Å². The average Bonchev–Trinajstić information content (AvgIpc) is 3.24. The van der Waals surface area contributed by atoms with Gasteiger partial charge in [-0.25, -0.2) is 4.79 Å². The number of urea groups is 1. The number of hydrogen-bond acceptors (Lipinski definition) is 5. The van der Waals surface area contributed by atoms with E-state index in [1.165, 1.54) is 0 Å². The lowest BCUT2D eigenvalue weighted by Crippen LogP contribution is -2.49. The van der Waals surface area contributed by atoms with Crippen LogP contribution in [0.2, 0.25) is 0 Å². The van der Waals surface area contributed by atoms with Crippen LogP contribution in [0.4, 0.5) is 16.2 Å². The minimum Gasteiger partial charge on any atom is -0.481 e. The van der Waals surface area contributed by atoms with Crippen molar-refractivity contribution < 1.29 is 24.3 Å². The first-order chi connectivity index (χ1) is 14.4. The van der Waals surface area contributed by atoms with E-state index in [1.54, 1.807) is 9.80 Å². The first-order valence-electron chi connectivity index (χ1n) is 10.4. The maximum Gasteiger partial charge on any atom is 0.328 e. The lowest BCUT2D eigenvalue weighted by molar-refractivity contribution is -0.141. The van der Waals surface area contributed by atoms with Gasteiger partial charge in [0.1, 0.15) is 0 Å². The minimum absolute atomic E-state index is 0.0531. The van der Waals surface area contributed by atoms with E-state index in [1.807, 2.05) is 24.3 Å².